The Morgan fingerprint density at radius 3 is 2.64 bits per heavy atom. The van der Waals surface area contributed by atoms with Gasteiger partial charge in [-0.05, 0) is 42.8 Å². The lowest BCUT2D eigenvalue weighted by Crippen LogP contribution is -2.13. The van der Waals surface area contributed by atoms with Crippen molar-refractivity contribution >= 4 is 38.2 Å². The number of nitrogens with one attached hydrogen (secondary N) is 1. The van der Waals surface area contributed by atoms with E-state index in [0.717, 1.165) is 10.9 Å². The lowest BCUT2D eigenvalue weighted by atomic mass is 10.2. The molecule has 0 spiro atoms. The first-order valence-corrected chi connectivity index (χ1v) is 8.45. The van der Waals surface area contributed by atoms with Gasteiger partial charge in [0.1, 0.15) is 4.90 Å². The molecule has 1 aromatic heterocycles. The molecule has 0 amide bonds. The zero-order chi connectivity index (χ0) is 15.7. The number of anilines is 1. The average molecular weight is 333 g/mol. The minimum Gasteiger partial charge on any atom is -0.280 e. The number of hydrogen-bond donors (Lipinski definition) is 1. The van der Waals surface area contributed by atoms with Gasteiger partial charge in [-0.2, -0.15) is 0 Å². The molecule has 0 aliphatic rings. The molecule has 0 fully saturated rings. The topological polar surface area (TPSA) is 59.1 Å². The van der Waals surface area contributed by atoms with Crippen molar-refractivity contribution in [1.82, 2.24) is 4.98 Å². The predicted octanol–water partition coefficient (Wildman–Crippen LogP) is 4.00. The van der Waals surface area contributed by atoms with Crippen LogP contribution in [-0.4, -0.2) is 13.4 Å². The van der Waals surface area contributed by atoms with Gasteiger partial charge in [-0.1, -0.05) is 29.8 Å². The molecule has 1 N–H and O–H groups in total. The number of hydrogen-bond acceptors (Lipinski definition) is 3. The number of aryl methyl sites for hydroxylation is 1. The Hall–Kier alpha value is -2.11. The number of benzene rings is 2. The molecule has 0 unspecified atom stereocenters. The first-order valence-electron chi connectivity index (χ1n) is 6.59. The van der Waals surface area contributed by atoms with Gasteiger partial charge < -0.3 is 0 Å². The smallest absolute Gasteiger partial charge is 0.264 e. The van der Waals surface area contributed by atoms with Crippen molar-refractivity contribution in [3.63, 3.8) is 0 Å². The summed E-state index contributed by atoms with van der Waals surface area (Å²) >= 11 is 5.89. The van der Waals surface area contributed by atoms with Crippen LogP contribution in [-0.2, 0) is 10.0 Å². The second-order valence-electron chi connectivity index (χ2n) is 4.96. The Morgan fingerprint density at radius 2 is 1.86 bits per heavy atom. The third-order valence-corrected chi connectivity index (χ3v) is 4.83. The fraction of sp³-hybridized carbons (Fsp3) is 0.0625. The van der Waals surface area contributed by atoms with Crippen LogP contribution in [0.1, 0.15) is 5.56 Å². The van der Waals surface area contributed by atoms with E-state index in [0.29, 0.717) is 16.2 Å². The summed E-state index contributed by atoms with van der Waals surface area (Å²) in [7, 11) is -3.74. The van der Waals surface area contributed by atoms with Crippen LogP contribution in [0, 0.1) is 6.92 Å². The molecule has 3 aromatic rings. The summed E-state index contributed by atoms with van der Waals surface area (Å²) < 4.78 is 27.8. The van der Waals surface area contributed by atoms with Crippen LogP contribution in [0.15, 0.2) is 59.6 Å². The summed E-state index contributed by atoms with van der Waals surface area (Å²) in [5.74, 6) is 0. The van der Waals surface area contributed by atoms with Crippen molar-refractivity contribution in [3.8, 4) is 0 Å². The van der Waals surface area contributed by atoms with Crippen LogP contribution >= 0.6 is 11.6 Å². The van der Waals surface area contributed by atoms with E-state index in [2.05, 4.69) is 9.71 Å². The fourth-order valence-electron chi connectivity index (χ4n) is 2.22. The molecule has 0 atom stereocenters. The zero-order valence-corrected chi connectivity index (χ0v) is 13.3. The fourth-order valence-corrected chi connectivity index (χ4v) is 3.64. The Balaban J connectivity index is 2.09. The van der Waals surface area contributed by atoms with E-state index in [9.17, 15) is 8.42 Å². The van der Waals surface area contributed by atoms with E-state index in [-0.39, 0.29) is 4.90 Å². The summed E-state index contributed by atoms with van der Waals surface area (Å²) in [5.41, 5.74) is 1.84. The third kappa shape index (κ3) is 2.91. The summed E-state index contributed by atoms with van der Waals surface area (Å²) in [6, 6.07) is 13.6. The molecular weight excluding hydrogens is 320 g/mol. The highest BCUT2D eigenvalue weighted by Gasteiger charge is 2.18. The number of fused-ring (bicyclic) bond motifs is 1. The van der Waals surface area contributed by atoms with Crippen LogP contribution in [0.3, 0.4) is 0 Å². The van der Waals surface area contributed by atoms with Crippen molar-refractivity contribution in [1.29, 1.82) is 0 Å². The molecule has 0 saturated heterocycles. The number of rotatable bonds is 3. The quantitative estimate of drug-likeness (QED) is 0.788. The molecule has 0 saturated carbocycles. The Labute approximate surface area is 133 Å². The van der Waals surface area contributed by atoms with E-state index < -0.39 is 10.0 Å². The number of aromatic nitrogens is 1. The lowest BCUT2D eigenvalue weighted by Gasteiger charge is -2.10. The largest absolute Gasteiger partial charge is 0.280 e. The van der Waals surface area contributed by atoms with E-state index in [4.69, 9.17) is 11.6 Å². The second-order valence-corrected chi connectivity index (χ2v) is 7.04. The number of halogens is 1. The van der Waals surface area contributed by atoms with Gasteiger partial charge >= 0.3 is 0 Å². The minimum atomic E-state index is -3.74. The third-order valence-electron chi connectivity index (χ3n) is 3.18. The normalized spacial score (nSPS) is 11.5. The van der Waals surface area contributed by atoms with Gasteiger partial charge in [-0.25, -0.2) is 8.42 Å². The molecule has 0 aliphatic heterocycles. The Morgan fingerprint density at radius 1 is 1.09 bits per heavy atom. The molecule has 4 nitrogen and oxygen atoms in total. The molecule has 0 bridgehead atoms. The number of sulfonamides is 1. The van der Waals surface area contributed by atoms with Gasteiger partial charge in [0.15, 0.2) is 0 Å². The van der Waals surface area contributed by atoms with E-state index in [1.54, 1.807) is 36.5 Å². The van der Waals surface area contributed by atoms with Crippen LogP contribution in [0.2, 0.25) is 5.02 Å². The predicted molar refractivity (Wildman–Crippen MR) is 88.7 cm³/mol. The monoisotopic (exact) mass is 332 g/mol. The van der Waals surface area contributed by atoms with Crippen molar-refractivity contribution in [2.24, 2.45) is 0 Å². The van der Waals surface area contributed by atoms with Gasteiger partial charge in [0.05, 0.1) is 11.2 Å². The van der Waals surface area contributed by atoms with Gasteiger partial charge in [0, 0.05) is 16.6 Å². The molecule has 0 radical (unpaired) electrons. The first-order chi connectivity index (χ1) is 10.5. The van der Waals surface area contributed by atoms with E-state index >= 15 is 0 Å². The summed E-state index contributed by atoms with van der Waals surface area (Å²) in [6.07, 6.45) is 1.65. The standard InChI is InChI=1S/C16H13ClN2O2S/c1-11-8-12-4-2-7-15(16(12)18-10-11)22(20,21)19-14-6-3-5-13(17)9-14/h2-10,19H,1H3. The average Bonchev–Trinajstić information content (AvgIpc) is 2.45. The Bertz CT molecular complexity index is 955. The molecule has 22 heavy (non-hydrogen) atoms. The maximum Gasteiger partial charge on any atom is 0.264 e. The summed E-state index contributed by atoms with van der Waals surface area (Å²) in [4.78, 5) is 4.40. The maximum absolute atomic E-state index is 12.6. The molecule has 2 aromatic carbocycles. The number of pyridine rings is 1. The van der Waals surface area contributed by atoms with E-state index in [1.165, 1.54) is 6.07 Å². The summed E-state index contributed by atoms with van der Waals surface area (Å²) in [5, 5.41) is 1.25. The highest BCUT2D eigenvalue weighted by molar-refractivity contribution is 7.93. The minimum absolute atomic E-state index is 0.143. The van der Waals surface area contributed by atoms with Crippen LogP contribution < -0.4 is 4.72 Å². The van der Waals surface area contributed by atoms with Crippen molar-refractivity contribution in [2.75, 3.05) is 4.72 Å². The molecule has 1 heterocycles. The van der Waals surface area contributed by atoms with Crippen molar-refractivity contribution in [2.45, 2.75) is 11.8 Å². The molecule has 6 heteroatoms. The van der Waals surface area contributed by atoms with E-state index in [1.807, 2.05) is 19.1 Å². The highest BCUT2D eigenvalue weighted by atomic mass is 35.5. The van der Waals surface area contributed by atoms with Gasteiger partial charge in [0.2, 0.25) is 0 Å². The van der Waals surface area contributed by atoms with Crippen LogP contribution in [0.4, 0.5) is 5.69 Å². The first kappa shape index (κ1) is 14.8. The van der Waals surface area contributed by atoms with Crippen molar-refractivity contribution < 1.29 is 8.42 Å². The van der Waals surface area contributed by atoms with Gasteiger partial charge in [0.25, 0.3) is 10.0 Å². The molecule has 3 rings (SSSR count). The highest BCUT2D eigenvalue weighted by Crippen LogP contribution is 2.25. The van der Waals surface area contributed by atoms with Gasteiger partial charge in [-0.15, -0.1) is 0 Å². The number of para-hydroxylation sites is 1. The molecule has 112 valence electrons. The lowest BCUT2D eigenvalue weighted by molar-refractivity contribution is 0.602. The summed E-state index contributed by atoms with van der Waals surface area (Å²) in [6.45, 7) is 1.91. The SMILES string of the molecule is Cc1cnc2c(S(=O)(=O)Nc3cccc(Cl)c3)cccc2c1. The number of nitrogens with zero attached hydrogens (tertiary/aromatic N) is 1. The molecular formula is C16H13ClN2O2S. The van der Waals surface area contributed by atoms with Gasteiger partial charge in [-0.3, -0.25) is 9.71 Å². The maximum atomic E-state index is 12.6. The van der Waals surface area contributed by atoms with Crippen molar-refractivity contribution in [3.05, 3.63) is 65.3 Å². The van der Waals surface area contributed by atoms with Crippen LogP contribution in [0.5, 0.6) is 0 Å². The van der Waals surface area contributed by atoms with Crippen LogP contribution in [0.25, 0.3) is 10.9 Å². The Kier molecular flexibility index (Phi) is 3.76. The molecule has 0 aliphatic carbocycles. The zero-order valence-electron chi connectivity index (χ0n) is 11.7. The second kappa shape index (κ2) is 5.59.